The molecule has 170 valence electrons. The van der Waals surface area contributed by atoms with Crippen molar-refractivity contribution in [3.8, 4) is 17.2 Å². The lowest BCUT2D eigenvalue weighted by atomic mass is 9.61. The van der Waals surface area contributed by atoms with Gasteiger partial charge in [-0.2, -0.15) is 5.26 Å². The number of benzene rings is 3. The van der Waals surface area contributed by atoms with Gasteiger partial charge in [0.2, 0.25) is 11.7 Å². The Bertz CT molecular complexity index is 1330. The Balaban J connectivity index is 1.50. The van der Waals surface area contributed by atoms with Crippen molar-refractivity contribution in [2.24, 2.45) is 16.1 Å². The summed E-state index contributed by atoms with van der Waals surface area (Å²) in [6.45, 7) is 0. The highest BCUT2D eigenvalue weighted by Gasteiger charge is 2.60. The Hall–Kier alpha value is -3.62. The van der Waals surface area contributed by atoms with Gasteiger partial charge in [0.25, 0.3) is 0 Å². The van der Waals surface area contributed by atoms with Gasteiger partial charge in [0, 0.05) is 18.0 Å². The largest absolute Gasteiger partial charge is 0.368 e. The van der Waals surface area contributed by atoms with Crippen molar-refractivity contribution in [3.05, 3.63) is 94.5 Å². The molecule has 5 nitrogen and oxygen atoms in total. The molecule has 3 aliphatic rings. The molecule has 0 fully saturated rings. The van der Waals surface area contributed by atoms with Crippen molar-refractivity contribution in [1.82, 2.24) is 5.06 Å². The van der Waals surface area contributed by atoms with Gasteiger partial charge >= 0.3 is 0 Å². The summed E-state index contributed by atoms with van der Waals surface area (Å²) < 4.78 is 0. The fraction of sp³-hybridized carbons (Fsp3) is 0.310. The zero-order valence-electron chi connectivity index (χ0n) is 19.4. The molecule has 0 saturated carbocycles. The highest BCUT2D eigenvalue weighted by atomic mass is 16.7. The Kier molecular flexibility index (Phi) is 4.75. The number of rotatable bonds is 1. The molecule has 3 aromatic rings. The van der Waals surface area contributed by atoms with E-state index in [1.165, 1.54) is 16.7 Å². The average molecular weight is 449 g/mol. The number of aliphatic imine (C=N–C) groups is 1. The number of hydrogen-bond donors (Lipinski definition) is 1. The molecule has 2 spiro atoms. The number of nitrogens with two attached hydrogens (primary N) is 1. The van der Waals surface area contributed by atoms with E-state index < -0.39 is 5.72 Å². The first-order valence-corrected chi connectivity index (χ1v) is 12.0. The second kappa shape index (κ2) is 7.72. The topological polar surface area (TPSA) is 74.6 Å². The van der Waals surface area contributed by atoms with Gasteiger partial charge in [0.05, 0.1) is 11.6 Å². The molecule has 2 aliphatic carbocycles. The lowest BCUT2D eigenvalue weighted by Crippen LogP contribution is -2.50. The summed E-state index contributed by atoms with van der Waals surface area (Å²) in [7, 11) is 1.85. The quantitative estimate of drug-likeness (QED) is 0.563. The first kappa shape index (κ1) is 20.9. The van der Waals surface area contributed by atoms with Crippen LogP contribution in [0.5, 0.6) is 0 Å². The van der Waals surface area contributed by atoms with Crippen LogP contribution in [-0.4, -0.2) is 18.1 Å². The second-order valence-electron chi connectivity index (χ2n) is 9.82. The third kappa shape index (κ3) is 3.06. The molecule has 2 N–H and O–H groups in total. The van der Waals surface area contributed by atoms with Gasteiger partial charge in [0.1, 0.15) is 0 Å². The third-order valence-corrected chi connectivity index (χ3v) is 8.12. The Labute approximate surface area is 200 Å². The molecule has 0 saturated heterocycles. The molecule has 1 aliphatic heterocycles. The van der Waals surface area contributed by atoms with E-state index in [9.17, 15) is 5.26 Å². The van der Waals surface area contributed by atoms with Gasteiger partial charge in [-0.3, -0.25) is 0 Å². The Morgan fingerprint density at radius 1 is 0.882 bits per heavy atom. The van der Waals surface area contributed by atoms with Crippen LogP contribution in [0.25, 0.3) is 11.1 Å². The number of guanidine groups is 1. The Morgan fingerprint density at radius 2 is 1.56 bits per heavy atom. The van der Waals surface area contributed by atoms with E-state index in [0.29, 0.717) is 11.5 Å². The van der Waals surface area contributed by atoms with Crippen LogP contribution >= 0.6 is 0 Å². The van der Waals surface area contributed by atoms with E-state index in [1.807, 2.05) is 25.2 Å². The average Bonchev–Trinajstić information content (AvgIpc) is 3.06. The van der Waals surface area contributed by atoms with Crippen molar-refractivity contribution in [2.45, 2.75) is 44.2 Å². The monoisotopic (exact) mass is 448 g/mol. The van der Waals surface area contributed by atoms with Gasteiger partial charge < -0.3 is 5.73 Å². The molecule has 5 heteroatoms. The van der Waals surface area contributed by atoms with Crippen molar-refractivity contribution in [3.63, 3.8) is 0 Å². The van der Waals surface area contributed by atoms with Gasteiger partial charge in [-0.05, 0) is 84.5 Å². The molecule has 34 heavy (non-hydrogen) atoms. The van der Waals surface area contributed by atoms with E-state index >= 15 is 0 Å². The van der Waals surface area contributed by atoms with Crippen LogP contribution in [0.4, 0.5) is 0 Å². The van der Waals surface area contributed by atoms with Crippen LogP contribution in [0.3, 0.4) is 0 Å². The maximum Gasteiger partial charge on any atom is 0.220 e. The summed E-state index contributed by atoms with van der Waals surface area (Å²) in [5, 5.41) is 11.0. The minimum absolute atomic E-state index is 0.151. The first-order chi connectivity index (χ1) is 16.5. The lowest BCUT2D eigenvalue weighted by molar-refractivity contribution is -0.237. The minimum atomic E-state index is -0.843. The SMILES string of the molecule is CN1OC2(N=C1N)c1cc(-c3cccc(C#N)c3)ccc1CCC21CCc2ccccc2CC1. The molecule has 1 unspecified atom stereocenters. The first-order valence-electron chi connectivity index (χ1n) is 12.0. The van der Waals surface area contributed by atoms with Crippen LogP contribution < -0.4 is 5.73 Å². The van der Waals surface area contributed by atoms with Crippen molar-refractivity contribution in [2.75, 3.05) is 7.05 Å². The number of fused-ring (bicyclic) bond motifs is 4. The molecule has 0 aromatic heterocycles. The Morgan fingerprint density at radius 3 is 2.21 bits per heavy atom. The normalized spacial score (nSPS) is 22.6. The summed E-state index contributed by atoms with van der Waals surface area (Å²) in [5.41, 5.74) is 13.3. The van der Waals surface area contributed by atoms with Crippen LogP contribution in [0.15, 0.2) is 71.7 Å². The molecular formula is C29H28N4O. The minimum Gasteiger partial charge on any atom is -0.368 e. The fourth-order valence-electron chi connectivity index (χ4n) is 6.22. The fourth-order valence-corrected chi connectivity index (χ4v) is 6.22. The predicted molar refractivity (Wildman–Crippen MR) is 133 cm³/mol. The van der Waals surface area contributed by atoms with E-state index in [1.54, 1.807) is 5.06 Å². The zero-order valence-corrected chi connectivity index (χ0v) is 19.4. The van der Waals surface area contributed by atoms with Crippen LogP contribution in [0, 0.1) is 16.7 Å². The van der Waals surface area contributed by atoms with E-state index in [0.717, 1.165) is 55.2 Å². The smallest absolute Gasteiger partial charge is 0.220 e. The second-order valence-corrected chi connectivity index (χ2v) is 9.82. The van der Waals surface area contributed by atoms with Crippen LogP contribution in [-0.2, 0) is 29.8 Å². The number of hydrogen-bond acceptors (Lipinski definition) is 5. The summed E-state index contributed by atoms with van der Waals surface area (Å²) >= 11 is 0. The number of nitrogens with zero attached hydrogens (tertiary/aromatic N) is 3. The summed E-state index contributed by atoms with van der Waals surface area (Å²) in [6, 6.07) is 25.4. The summed E-state index contributed by atoms with van der Waals surface area (Å²) in [5.74, 6) is 0.422. The van der Waals surface area contributed by atoms with Crippen LogP contribution in [0.2, 0.25) is 0 Å². The summed E-state index contributed by atoms with van der Waals surface area (Å²) in [6.07, 6.45) is 6.04. The zero-order chi connectivity index (χ0) is 23.3. The molecule has 6 rings (SSSR count). The highest BCUT2D eigenvalue weighted by Crippen LogP contribution is 2.59. The summed E-state index contributed by atoms with van der Waals surface area (Å²) in [4.78, 5) is 11.8. The molecule has 1 heterocycles. The third-order valence-electron chi connectivity index (χ3n) is 8.12. The molecule has 0 bridgehead atoms. The maximum absolute atomic E-state index is 9.39. The van der Waals surface area contributed by atoms with Crippen molar-refractivity contribution < 1.29 is 4.84 Å². The van der Waals surface area contributed by atoms with E-state index in [2.05, 4.69) is 54.6 Å². The maximum atomic E-state index is 9.39. The van der Waals surface area contributed by atoms with Gasteiger partial charge in [-0.15, -0.1) is 0 Å². The molecule has 3 aromatic carbocycles. The van der Waals surface area contributed by atoms with Crippen molar-refractivity contribution in [1.29, 1.82) is 5.26 Å². The van der Waals surface area contributed by atoms with E-state index in [4.69, 9.17) is 15.6 Å². The molecular weight excluding hydrogens is 420 g/mol. The van der Waals surface area contributed by atoms with E-state index in [-0.39, 0.29) is 5.41 Å². The van der Waals surface area contributed by atoms with Crippen LogP contribution in [0.1, 0.15) is 47.1 Å². The molecule has 0 amide bonds. The lowest BCUT2D eigenvalue weighted by Gasteiger charge is -2.49. The number of nitriles is 1. The molecule has 0 radical (unpaired) electrons. The van der Waals surface area contributed by atoms with Crippen molar-refractivity contribution >= 4 is 5.96 Å². The highest BCUT2D eigenvalue weighted by molar-refractivity contribution is 5.79. The standard InChI is InChI=1S/C29H28N4O/c1-33-27(31)32-29(34-33)26-18-25(24-8-4-5-20(17-24)19-30)10-9-23(26)13-16-28(29)14-11-21-6-2-3-7-22(21)12-15-28/h2-10,17-18H,11-16H2,1H3,(H2,31,32). The van der Waals surface area contributed by atoms with Gasteiger partial charge in [-0.25, -0.2) is 14.9 Å². The number of hydroxylamine groups is 2. The predicted octanol–water partition coefficient (Wildman–Crippen LogP) is 5.08. The molecule has 1 atom stereocenters. The van der Waals surface area contributed by atoms with Gasteiger partial charge in [0.15, 0.2) is 0 Å². The van der Waals surface area contributed by atoms with Gasteiger partial charge in [-0.1, -0.05) is 48.5 Å². The number of aryl methyl sites for hydroxylation is 3.